The molecule has 0 aromatic heterocycles. The van der Waals surface area contributed by atoms with Gasteiger partial charge in [-0.15, -0.1) is 0 Å². The van der Waals surface area contributed by atoms with Crippen LogP contribution in [-0.2, 0) is 43.1 Å². The molecule has 13 fully saturated rings. The summed E-state index contributed by atoms with van der Waals surface area (Å²) in [5, 5.41) is 44.3. The molecule has 0 aromatic carbocycles. The molecular weight excluding hydrogens is 1810 g/mol. The van der Waals surface area contributed by atoms with Gasteiger partial charge in [0.2, 0.25) is 40.9 Å². The summed E-state index contributed by atoms with van der Waals surface area (Å²) in [7, 11) is 5.86. The molecule has 0 spiro atoms. The number of aliphatic hydroxyl groups excluding tert-OH is 4. The highest BCUT2D eigenvalue weighted by Gasteiger charge is 2.74. The molecule has 0 radical (unpaired) electrons. The van der Waals surface area contributed by atoms with Gasteiger partial charge in [-0.25, -0.2) is 0 Å². The zero-order valence-corrected chi connectivity index (χ0v) is 95.4. The molecule has 1 aliphatic heterocycles. The smallest absolute Gasteiger partial charge is 0.312 e. The van der Waals surface area contributed by atoms with E-state index >= 15 is 0 Å². The van der Waals surface area contributed by atoms with Crippen LogP contribution in [0.15, 0.2) is 185 Å². The first-order valence-electron chi connectivity index (χ1n) is 56.6. The molecule has 24 atom stereocenters. The highest BCUT2D eigenvalue weighted by Crippen LogP contribution is 2.82. The fourth-order valence-electron chi connectivity index (χ4n) is 37.3. The fraction of sp³-hybridized carbons (Fsp3) is 0.690. The van der Waals surface area contributed by atoms with E-state index in [2.05, 4.69) is 216 Å². The predicted octanol–water partition coefficient (Wildman–Crippen LogP) is 27.8. The Morgan fingerprint density at radius 2 is 0.616 bits per heavy atom. The fourth-order valence-corrected chi connectivity index (χ4v) is 37.3. The van der Waals surface area contributed by atoms with Crippen molar-refractivity contribution in [3.8, 4) is 0 Å². The molecular formula is C129H180N4O13. The maximum atomic E-state index is 14.1. The molecule has 21 rings (SSSR count). The minimum atomic E-state index is -0.485. The SMILES string of the molecule is CC1=C(O)C(=O)C=C2C1=CC=C1[C@@]2(C)CC[C@@]2(C)[C@@H]3C[C@](C)(C(=O)N4CCN(C)CC4)CC[C@]3(C)CC[C@]12C.CC1=C(O)C(=O)C=C2C1=CC=C1[C@@]2(C)CC[C@@]2(C)[C@@H]3C[C@](C)(C(=O)OC(C)(C)C)CC[C@]3(C)CC[C@]12C.CCN(C)C(=O)[C@]1(C)CC[C@]2(C)CC[C@]3(C)C4=CC=C5C(=CC(=O)C(O)=C5C)[C@]4(C)CC[C@@]3(C)[C@@H]2C1.CNC(=O)[C@]1(C)CC[C@]2(C)CC[C@]3(C)C4=CC=C5C(=CC(=O)C(O)=C5C)[C@]4(C)CC[C@@]3(C)[C@@H]2C1. The van der Waals surface area contributed by atoms with Gasteiger partial charge >= 0.3 is 5.97 Å². The molecule has 1 saturated heterocycles. The van der Waals surface area contributed by atoms with Crippen molar-refractivity contribution in [2.75, 3.05) is 53.9 Å². The number of nitrogens with zero attached hydrogens (tertiary/aromatic N) is 3. The highest BCUT2D eigenvalue weighted by atomic mass is 16.6. The summed E-state index contributed by atoms with van der Waals surface area (Å²) >= 11 is 0. The lowest BCUT2D eigenvalue weighted by Gasteiger charge is -2.70. The summed E-state index contributed by atoms with van der Waals surface area (Å²) in [5.41, 5.74) is 15.4. The average molecular weight is 1990 g/mol. The third-order valence-corrected chi connectivity index (χ3v) is 48.8. The summed E-state index contributed by atoms with van der Waals surface area (Å²) in [6.45, 7) is 67.7. The molecule has 21 aliphatic rings. The number of ketones is 4. The first-order chi connectivity index (χ1) is 67.5. The van der Waals surface area contributed by atoms with E-state index in [0.717, 1.165) is 238 Å². The van der Waals surface area contributed by atoms with Crippen molar-refractivity contribution >= 4 is 46.8 Å². The van der Waals surface area contributed by atoms with Crippen molar-refractivity contribution in [2.24, 2.45) is 132 Å². The maximum absolute atomic E-state index is 14.1. The number of amides is 3. The standard InChI is InChI=1S/C34H48N2O3.C33H46O4.C32H45NO3.C30H41NO3/c1-22-23-8-9-26-32(4,24(23)20-25(37)28(22)38)13-15-34(6)27-21-31(3,29(39)36-18-16-35(7)17-19-36)11-10-30(27,2)12-14-33(26,34)5;1-20-21-10-11-24-31(7,22(21)18-23(34)26(20)35)15-17-33(9)25-19-30(6,27(36)37-28(2,3)4)13-12-29(25,5)14-16-32(24,33)8;1-9-33(8)27(36)29(4)13-12-28(3)14-16-31(6)24-11-10-21-20(2)26(35)23(34)18-22(21)30(24,5)15-17-32(31,7)25(28)19-29;1-18-19-8-9-22-28(4,20(19)16-21(32)24(18)33)13-15-30(6)23-17-27(3,25(34)31-7)11-10-26(23,2)12-14-29(22,30)5/h8-9,20,27,38H,10-19,21H2,1-7H3;10-11,18,25,35H,12-17,19H2,1-9H3;10-11,18,25,35H,9,12-17,19H2,1-8H3;8-9,16,23,33H,10-15,17H2,1-7H3,(H,31,34)/t27-,30-,31-,32+,33-,34+;25-,29-,30-,31+,32-,33+;25-,28-,29-,30+,31-,32+;23-,26-,27-,28+,29-,30+/m1111/s1. The number of nitrogens with one attached hydrogen (secondary N) is 1. The topological polar surface area (TPSA) is 248 Å². The second-order valence-electron chi connectivity index (χ2n) is 57.4. The number of piperazine rings is 1. The van der Waals surface area contributed by atoms with Crippen molar-refractivity contribution in [1.29, 1.82) is 0 Å². The van der Waals surface area contributed by atoms with Crippen LogP contribution in [0.1, 0.15) is 374 Å². The average Bonchev–Trinajstić information content (AvgIpc) is 0.685. The van der Waals surface area contributed by atoms with E-state index in [4.69, 9.17) is 4.74 Å². The monoisotopic (exact) mass is 1990 g/mol. The van der Waals surface area contributed by atoms with Crippen LogP contribution < -0.4 is 5.32 Å². The molecule has 146 heavy (non-hydrogen) atoms. The van der Waals surface area contributed by atoms with Crippen LogP contribution in [0.5, 0.6) is 0 Å². The summed E-state index contributed by atoms with van der Waals surface area (Å²) < 4.78 is 5.95. The van der Waals surface area contributed by atoms with Crippen molar-refractivity contribution in [1.82, 2.24) is 20.0 Å². The number of fused-ring (bicyclic) bond motifs is 28. The number of likely N-dealkylation sites (N-methyl/N-ethyl adjacent to an activating group) is 1. The number of carbonyl (C=O) groups excluding carboxylic acids is 8. The number of carbonyl (C=O) groups is 8. The first kappa shape index (κ1) is 107. The quantitative estimate of drug-likeness (QED) is 0.161. The molecule has 794 valence electrons. The third kappa shape index (κ3) is 15.1. The first-order valence-corrected chi connectivity index (χ1v) is 56.6. The highest BCUT2D eigenvalue weighted by molar-refractivity contribution is 6.09. The number of allylic oxidation sites excluding steroid dienone is 28. The zero-order chi connectivity index (χ0) is 107. The second kappa shape index (κ2) is 34.5. The van der Waals surface area contributed by atoms with E-state index in [9.17, 15) is 58.8 Å². The molecule has 1 heterocycles. The van der Waals surface area contributed by atoms with Gasteiger partial charge in [0, 0.05) is 107 Å². The number of esters is 1. The van der Waals surface area contributed by atoms with Crippen LogP contribution >= 0.6 is 0 Å². The number of aliphatic hydroxyl groups is 4. The van der Waals surface area contributed by atoms with Crippen LogP contribution in [0.4, 0.5) is 0 Å². The van der Waals surface area contributed by atoms with Crippen LogP contribution in [0.25, 0.3) is 0 Å². The van der Waals surface area contributed by atoms with Crippen LogP contribution in [-0.4, -0.2) is 141 Å². The van der Waals surface area contributed by atoms with Crippen LogP contribution in [0.2, 0.25) is 0 Å². The minimum absolute atomic E-state index is 0.00581. The number of hydrogen-bond donors (Lipinski definition) is 5. The van der Waals surface area contributed by atoms with Gasteiger partial charge in [0.15, 0.2) is 23.0 Å². The molecule has 0 bridgehead atoms. The van der Waals surface area contributed by atoms with Crippen molar-refractivity contribution in [3.05, 3.63) is 185 Å². The Morgan fingerprint density at radius 3 is 0.897 bits per heavy atom. The Kier molecular flexibility index (Phi) is 25.4. The Labute approximate surface area is 875 Å². The largest absolute Gasteiger partial charge is 0.504 e. The second-order valence-corrected chi connectivity index (χ2v) is 57.4. The van der Waals surface area contributed by atoms with Crippen LogP contribution in [0, 0.1) is 132 Å². The summed E-state index contributed by atoms with van der Waals surface area (Å²) in [5.74, 6) is 1.11. The summed E-state index contributed by atoms with van der Waals surface area (Å²) in [4.78, 5) is 111. The molecule has 17 heteroatoms. The van der Waals surface area contributed by atoms with Gasteiger partial charge < -0.3 is 45.2 Å². The van der Waals surface area contributed by atoms with E-state index in [1.165, 1.54) is 41.6 Å². The van der Waals surface area contributed by atoms with E-state index in [-0.39, 0.29) is 161 Å². The third-order valence-electron chi connectivity index (χ3n) is 48.8. The molecule has 17 nitrogen and oxygen atoms in total. The van der Waals surface area contributed by atoms with Gasteiger partial charge in [-0.2, -0.15) is 0 Å². The lowest BCUT2D eigenvalue weighted by atomic mass is 9.34. The van der Waals surface area contributed by atoms with Gasteiger partial charge in [0.25, 0.3) is 0 Å². The Hall–Kier alpha value is -8.44. The van der Waals surface area contributed by atoms with Gasteiger partial charge in [-0.05, 0) is 407 Å². The van der Waals surface area contributed by atoms with Gasteiger partial charge in [-0.1, -0.05) is 202 Å². The van der Waals surface area contributed by atoms with E-state index in [0.29, 0.717) is 57.8 Å². The van der Waals surface area contributed by atoms with E-state index in [1.807, 2.05) is 60.4 Å². The Morgan fingerprint density at radius 1 is 0.363 bits per heavy atom. The molecule has 3 amide bonds. The molecule has 5 N–H and O–H groups in total. The van der Waals surface area contributed by atoms with E-state index < -0.39 is 11.0 Å². The lowest BCUT2D eigenvalue weighted by molar-refractivity contribution is -0.189. The minimum Gasteiger partial charge on any atom is -0.504 e. The maximum Gasteiger partial charge on any atom is 0.312 e. The van der Waals surface area contributed by atoms with Gasteiger partial charge in [0.1, 0.15) is 5.60 Å². The van der Waals surface area contributed by atoms with Crippen molar-refractivity contribution < 1.29 is 63.5 Å². The molecule has 0 aromatic rings. The summed E-state index contributed by atoms with van der Waals surface area (Å²) in [6.07, 6.45) is 54.1. The van der Waals surface area contributed by atoms with Crippen molar-refractivity contribution in [3.63, 3.8) is 0 Å². The predicted molar refractivity (Wildman–Crippen MR) is 581 cm³/mol. The Balaban J connectivity index is 0.000000128. The van der Waals surface area contributed by atoms with Crippen molar-refractivity contribution in [2.45, 2.75) is 379 Å². The van der Waals surface area contributed by atoms with Gasteiger partial charge in [0.05, 0.1) is 5.41 Å². The molecule has 0 unspecified atom stereocenters. The van der Waals surface area contributed by atoms with E-state index in [1.54, 1.807) is 31.4 Å². The Bertz CT molecular complexity index is 6250. The normalized spacial score (nSPS) is 44.3. The number of rotatable bonds is 5. The number of hydrogen-bond acceptors (Lipinski definition) is 14. The summed E-state index contributed by atoms with van der Waals surface area (Å²) in [6, 6.07) is 0. The molecule has 12 saturated carbocycles. The molecule has 20 aliphatic carbocycles. The zero-order valence-electron chi connectivity index (χ0n) is 95.4. The van der Waals surface area contributed by atoms with Crippen LogP contribution in [0.3, 0.4) is 0 Å². The lowest BCUT2D eigenvalue weighted by Crippen LogP contribution is -2.63. The van der Waals surface area contributed by atoms with Gasteiger partial charge in [-0.3, -0.25) is 38.4 Å². The number of ether oxygens (including phenoxy) is 1.